The van der Waals surface area contributed by atoms with Crippen LogP contribution in [0.25, 0.3) is 0 Å². The van der Waals surface area contributed by atoms with Crippen LogP contribution in [0.5, 0.6) is 0 Å². The van der Waals surface area contributed by atoms with Crippen LogP contribution in [-0.2, 0) is 4.79 Å². The number of carbonyl (C=O) groups is 1. The number of nitrogens with zero attached hydrogens (tertiary/aromatic N) is 3. The van der Waals surface area contributed by atoms with Gasteiger partial charge in [0.05, 0.1) is 0 Å². The highest BCUT2D eigenvalue weighted by Gasteiger charge is 2.14. The zero-order valence-corrected chi connectivity index (χ0v) is 8.56. The molecule has 1 heterocycles. The molecule has 1 atom stereocenters. The predicted molar refractivity (Wildman–Crippen MR) is 53.8 cm³/mol. The van der Waals surface area contributed by atoms with Crippen molar-refractivity contribution in [1.29, 1.82) is 0 Å². The zero-order chi connectivity index (χ0) is 10.6. The van der Waals surface area contributed by atoms with Gasteiger partial charge in [-0.1, -0.05) is 0 Å². The van der Waals surface area contributed by atoms with Crippen molar-refractivity contribution in [2.75, 3.05) is 19.4 Å². The number of hydrogen-bond acceptors (Lipinski definition) is 4. The second kappa shape index (κ2) is 4.55. The van der Waals surface area contributed by atoms with E-state index < -0.39 is 0 Å². The Morgan fingerprint density at radius 3 is 2.79 bits per heavy atom. The van der Waals surface area contributed by atoms with E-state index in [-0.39, 0.29) is 11.9 Å². The molecule has 0 bridgehead atoms. The van der Waals surface area contributed by atoms with Gasteiger partial charge in [-0.2, -0.15) is 5.10 Å². The highest BCUT2D eigenvalue weighted by atomic mass is 16.2. The van der Waals surface area contributed by atoms with Gasteiger partial charge < -0.3 is 10.2 Å². The molecule has 76 valence electrons. The fraction of sp³-hybridized carbons (Fsp3) is 0.444. The average molecular weight is 194 g/mol. The number of aromatic nitrogens is 2. The molecule has 0 unspecified atom stereocenters. The Bertz CT molecular complexity index is 299. The van der Waals surface area contributed by atoms with Gasteiger partial charge in [-0.05, 0) is 19.1 Å². The number of hydrogen-bond donors (Lipinski definition) is 1. The van der Waals surface area contributed by atoms with Crippen LogP contribution in [0.1, 0.15) is 6.92 Å². The van der Waals surface area contributed by atoms with Crippen molar-refractivity contribution in [2.24, 2.45) is 0 Å². The van der Waals surface area contributed by atoms with E-state index in [4.69, 9.17) is 0 Å². The molecule has 1 rings (SSSR count). The van der Waals surface area contributed by atoms with Gasteiger partial charge in [0, 0.05) is 20.3 Å². The minimum atomic E-state index is -0.290. The van der Waals surface area contributed by atoms with Crippen LogP contribution in [-0.4, -0.2) is 41.1 Å². The Kier molecular flexibility index (Phi) is 3.39. The second-order valence-corrected chi connectivity index (χ2v) is 3.21. The molecule has 1 aromatic rings. The molecule has 1 N–H and O–H groups in total. The van der Waals surface area contributed by atoms with E-state index >= 15 is 0 Å². The summed E-state index contributed by atoms with van der Waals surface area (Å²) in [5, 5.41) is 10.5. The van der Waals surface area contributed by atoms with Gasteiger partial charge in [0.25, 0.3) is 0 Å². The van der Waals surface area contributed by atoms with E-state index in [2.05, 4.69) is 15.5 Å². The van der Waals surface area contributed by atoms with Crippen LogP contribution in [0.2, 0.25) is 0 Å². The first-order chi connectivity index (χ1) is 6.61. The highest BCUT2D eigenvalue weighted by Crippen LogP contribution is 2.02. The Labute approximate surface area is 83.1 Å². The van der Waals surface area contributed by atoms with Crippen molar-refractivity contribution in [3.05, 3.63) is 18.3 Å². The van der Waals surface area contributed by atoms with Gasteiger partial charge in [0.1, 0.15) is 11.9 Å². The maximum Gasteiger partial charge on any atom is 0.244 e. The highest BCUT2D eigenvalue weighted by molar-refractivity contribution is 5.83. The van der Waals surface area contributed by atoms with Crippen LogP contribution in [0.4, 0.5) is 5.82 Å². The fourth-order valence-electron chi connectivity index (χ4n) is 1.05. The van der Waals surface area contributed by atoms with Crippen molar-refractivity contribution >= 4 is 11.7 Å². The normalized spacial score (nSPS) is 11.9. The second-order valence-electron chi connectivity index (χ2n) is 3.21. The van der Waals surface area contributed by atoms with Crippen molar-refractivity contribution in [2.45, 2.75) is 13.0 Å². The third-order valence-electron chi connectivity index (χ3n) is 1.75. The molecule has 0 fully saturated rings. The summed E-state index contributed by atoms with van der Waals surface area (Å²) in [6.07, 6.45) is 1.59. The Morgan fingerprint density at radius 2 is 2.29 bits per heavy atom. The van der Waals surface area contributed by atoms with Crippen molar-refractivity contribution in [3.8, 4) is 0 Å². The summed E-state index contributed by atoms with van der Waals surface area (Å²) in [7, 11) is 3.44. The summed E-state index contributed by atoms with van der Waals surface area (Å²) < 4.78 is 0. The van der Waals surface area contributed by atoms with E-state index in [0.717, 1.165) is 0 Å². The molecule has 0 aliphatic rings. The Morgan fingerprint density at radius 1 is 1.57 bits per heavy atom. The molecule has 0 aliphatic carbocycles. The average Bonchev–Trinajstić information content (AvgIpc) is 2.18. The number of anilines is 1. The SMILES string of the molecule is C[C@@H](Nc1cccnn1)C(=O)N(C)C. The first kappa shape index (κ1) is 10.4. The molecular formula is C9H14N4O. The molecule has 5 heteroatoms. The summed E-state index contributed by atoms with van der Waals surface area (Å²) in [5.41, 5.74) is 0. The summed E-state index contributed by atoms with van der Waals surface area (Å²) in [6, 6.07) is 3.25. The molecule has 0 aromatic carbocycles. The van der Waals surface area contributed by atoms with E-state index in [0.29, 0.717) is 5.82 Å². The molecule has 5 nitrogen and oxygen atoms in total. The Balaban J connectivity index is 2.57. The first-order valence-electron chi connectivity index (χ1n) is 4.36. The molecule has 0 spiro atoms. The van der Waals surface area contributed by atoms with E-state index in [1.165, 1.54) is 4.90 Å². The van der Waals surface area contributed by atoms with E-state index in [1.807, 2.05) is 0 Å². The summed E-state index contributed by atoms with van der Waals surface area (Å²) in [5.74, 6) is 0.617. The van der Waals surface area contributed by atoms with Crippen molar-refractivity contribution in [1.82, 2.24) is 15.1 Å². The van der Waals surface area contributed by atoms with Gasteiger partial charge >= 0.3 is 0 Å². The van der Waals surface area contributed by atoms with Crippen LogP contribution >= 0.6 is 0 Å². The van der Waals surface area contributed by atoms with Gasteiger partial charge in [0.2, 0.25) is 5.91 Å². The third kappa shape index (κ3) is 2.69. The first-order valence-corrected chi connectivity index (χ1v) is 4.36. The topological polar surface area (TPSA) is 58.1 Å². The van der Waals surface area contributed by atoms with Crippen LogP contribution in [0.15, 0.2) is 18.3 Å². The lowest BCUT2D eigenvalue weighted by Crippen LogP contribution is -2.36. The molecule has 14 heavy (non-hydrogen) atoms. The molecule has 1 aromatic heterocycles. The van der Waals surface area contributed by atoms with Gasteiger partial charge in [-0.25, -0.2) is 0 Å². The molecule has 0 saturated heterocycles. The third-order valence-corrected chi connectivity index (χ3v) is 1.75. The minimum absolute atomic E-state index is 0.00986. The zero-order valence-electron chi connectivity index (χ0n) is 8.56. The minimum Gasteiger partial charge on any atom is -0.357 e. The molecular weight excluding hydrogens is 180 g/mol. The number of amides is 1. The lowest BCUT2D eigenvalue weighted by Gasteiger charge is -2.17. The van der Waals surface area contributed by atoms with Gasteiger partial charge in [-0.15, -0.1) is 5.10 Å². The lowest BCUT2D eigenvalue weighted by atomic mass is 10.3. The predicted octanol–water partition coefficient (Wildman–Crippen LogP) is 0.365. The number of likely N-dealkylation sites (N-methyl/N-ethyl adjacent to an activating group) is 1. The molecule has 0 saturated carbocycles. The fourth-order valence-corrected chi connectivity index (χ4v) is 1.05. The quantitative estimate of drug-likeness (QED) is 0.755. The van der Waals surface area contributed by atoms with E-state index in [1.54, 1.807) is 39.3 Å². The van der Waals surface area contributed by atoms with Crippen molar-refractivity contribution in [3.63, 3.8) is 0 Å². The smallest absolute Gasteiger partial charge is 0.244 e. The lowest BCUT2D eigenvalue weighted by molar-refractivity contribution is -0.129. The largest absolute Gasteiger partial charge is 0.357 e. The standard InChI is InChI=1S/C9H14N4O/c1-7(9(14)13(2)3)11-8-5-4-6-10-12-8/h4-7H,1-3H3,(H,11,12)/t7-/m1/s1. The van der Waals surface area contributed by atoms with Crippen LogP contribution < -0.4 is 5.32 Å². The number of nitrogens with one attached hydrogen (secondary N) is 1. The number of carbonyl (C=O) groups excluding carboxylic acids is 1. The maximum atomic E-state index is 11.5. The van der Waals surface area contributed by atoms with Crippen LogP contribution in [0, 0.1) is 0 Å². The van der Waals surface area contributed by atoms with Crippen LogP contribution in [0.3, 0.4) is 0 Å². The summed E-state index contributed by atoms with van der Waals surface area (Å²) in [4.78, 5) is 13.0. The van der Waals surface area contributed by atoms with Gasteiger partial charge in [0.15, 0.2) is 0 Å². The van der Waals surface area contributed by atoms with Crippen molar-refractivity contribution < 1.29 is 4.79 Å². The number of rotatable bonds is 3. The monoisotopic (exact) mass is 194 g/mol. The van der Waals surface area contributed by atoms with Gasteiger partial charge in [-0.3, -0.25) is 4.79 Å². The molecule has 0 aliphatic heterocycles. The molecule has 1 amide bonds. The summed E-state index contributed by atoms with van der Waals surface area (Å²) in [6.45, 7) is 1.79. The Hall–Kier alpha value is -1.65. The maximum absolute atomic E-state index is 11.5. The molecule has 0 radical (unpaired) electrons. The summed E-state index contributed by atoms with van der Waals surface area (Å²) >= 11 is 0. The van der Waals surface area contributed by atoms with E-state index in [9.17, 15) is 4.79 Å².